The molecular weight excluding hydrogens is 276 g/mol. The minimum Gasteiger partial charge on any atom is -0.481 e. The molecule has 0 aliphatic heterocycles. The molecule has 21 heavy (non-hydrogen) atoms. The van der Waals surface area contributed by atoms with Crippen molar-refractivity contribution in [2.45, 2.75) is 71.7 Å². The molecule has 124 valence electrons. The van der Waals surface area contributed by atoms with Crippen molar-refractivity contribution in [1.29, 1.82) is 0 Å². The lowest BCUT2D eigenvalue weighted by atomic mass is 10.2. The first-order valence-electron chi connectivity index (χ1n) is 7.74. The number of ether oxygens (including phenoxy) is 3. The Balaban J connectivity index is 3.93. The van der Waals surface area contributed by atoms with E-state index in [0.29, 0.717) is 26.1 Å². The molecule has 0 aromatic rings. The van der Waals surface area contributed by atoms with Crippen molar-refractivity contribution in [2.24, 2.45) is 0 Å². The van der Waals surface area contributed by atoms with Crippen LogP contribution in [0.25, 0.3) is 0 Å². The summed E-state index contributed by atoms with van der Waals surface area (Å²) in [5.74, 6) is -1.27. The highest BCUT2D eigenvalue weighted by Crippen LogP contribution is 2.07. The number of carboxylic acids is 1. The van der Waals surface area contributed by atoms with Gasteiger partial charge in [0.15, 0.2) is 0 Å². The first kappa shape index (κ1) is 19.9. The SMILES string of the molecule is CCCCOC(OCCCC)OC(=O)CCCCC(=O)O. The second-order valence-corrected chi connectivity index (χ2v) is 4.83. The van der Waals surface area contributed by atoms with Crippen molar-refractivity contribution in [3.05, 3.63) is 0 Å². The van der Waals surface area contributed by atoms with Crippen molar-refractivity contribution >= 4 is 11.9 Å². The summed E-state index contributed by atoms with van der Waals surface area (Å²) in [6.45, 7) is 4.12. The molecule has 1 N–H and O–H groups in total. The fraction of sp³-hybridized carbons (Fsp3) is 0.867. The molecule has 6 nitrogen and oxygen atoms in total. The average Bonchev–Trinajstić information content (AvgIpc) is 2.43. The minimum absolute atomic E-state index is 0.0662. The highest BCUT2D eigenvalue weighted by molar-refractivity contribution is 5.69. The number of esters is 1. The monoisotopic (exact) mass is 304 g/mol. The van der Waals surface area contributed by atoms with E-state index in [2.05, 4.69) is 0 Å². The largest absolute Gasteiger partial charge is 0.481 e. The third-order valence-corrected chi connectivity index (χ3v) is 2.75. The normalized spacial score (nSPS) is 10.8. The maximum atomic E-state index is 11.6. The van der Waals surface area contributed by atoms with Gasteiger partial charge in [-0.25, -0.2) is 0 Å². The van der Waals surface area contributed by atoms with Crippen LogP contribution in [-0.2, 0) is 23.8 Å². The Morgan fingerprint density at radius 2 is 1.43 bits per heavy atom. The van der Waals surface area contributed by atoms with Gasteiger partial charge in [0.1, 0.15) is 0 Å². The smallest absolute Gasteiger partial charge is 0.318 e. The predicted molar refractivity (Wildman–Crippen MR) is 77.7 cm³/mol. The van der Waals surface area contributed by atoms with Gasteiger partial charge < -0.3 is 19.3 Å². The zero-order valence-electron chi connectivity index (χ0n) is 13.1. The van der Waals surface area contributed by atoms with Crippen LogP contribution < -0.4 is 0 Å². The molecule has 0 aromatic heterocycles. The molecule has 0 radical (unpaired) electrons. The van der Waals surface area contributed by atoms with E-state index < -0.39 is 18.4 Å². The molecule has 0 heterocycles. The zero-order valence-corrected chi connectivity index (χ0v) is 13.1. The van der Waals surface area contributed by atoms with E-state index in [-0.39, 0.29) is 12.8 Å². The summed E-state index contributed by atoms with van der Waals surface area (Å²) < 4.78 is 15.9. The van der Waals surface area contributed by atoms with E-state index in [1.807, 2.05) is 13.8 Å². The van der Waals surface area contributed by atoms with Crippen LogP contribution in [0.1, 0.15) is 65.2 Å². The Bertz CT molecular complexity index is 269. The molecule has 0 saturated heterocycles. The number of hydrogen-bond donors (Lipinski definition) is 1. The zero-order chi connectivity index (χ0) is 15.9. The van der Waals surface area contributed by atoms with Crippen LogP contribution in [0.15, 0.2) is 0 Å². The van der Waals surface area contributed by atoms with E-state index >= 15 is 0 Å². The number of hydrogen-bond acceptors (Lipinski definition) is 5. The van der Waals surface area contributed by atoms with Crippen molar-refractivity contribution in [2.75, 3.05) is 13.2 Å². The van der Waals surface area contributed by atoms with Gasteiger partial charge in [-0.3, -0.25) is 9.59 Å². The molecular formula is C15H28O6. The third kappa shape index (κ3) is 13.6. The van der Waals surface area contributed by atoms with Gasteiger partial charge in [-0.2, -0.15) is 0 Å². The lowest BCUT2D eigenvalue weighted by Gasteiger charge is -2.18. The third-order valence-electron chi connectivity index (χ3n) is 2.75. The summed E-state index contributed by atoms with van der Waals surface area (Å²) in [5.41, 5.74) is 0. The van der Waals surface area contributed by atoms with Gasteiger partial charge in [0.25, 0.3) is 0 Å². The fourth-order valence-corrected chi connectivity index (χ4v) is 1.48. The molecule has 6 heteroatoms. The number of carbonyl (C=O) groups is 2. The standard InChI is InChI=1S/C15H28O6/c1-3-5-11-19-15(20-12-6-4-2)21-14(18)10-8-7-9-13(16)17/h15H,3-12H2,1-2H3,(H,16,17). The molecule has 0 spiro atoms. The lowest BCUT2D eigenvalue weighted by molar-refractivity contribution is -0.276. The van der Waals surface area contributed by atoms with Crippen molar-refractivity contribution in [3.8, 4) is 0 Å². The van der Waals surface area contributed by atoms with Gasteiger partial charge in [-0.1, -0.05) is 26.7 Å². The lowest BCUT2D eigenvalue weighted by Crippen LogP contribution is -2.25. The maximum Gasteiger partial charge on any atom is 0.318 e. The predicted octanol–water partition coefficient (Wildman–Crippen LogP) is 3.09. The molecule has 0 amide bonds. The number of carboxylic acid groups (broad SMARTS) is 1. The summed E-state index contributed by atoms with van der Waals surface area (Å²) in [6.07, 6.45) is 4.93. The van der Waals surface area contributed by atoms with E-state index in [0.717, 1.165) is 25.7 Å². The number of unbranched alkanes of at least 4 members (excludes halogenated alkanes) is 3. The van der Waals surface area contributed by atoms with Crippen molar-refractivity contribution < 1.29 is 28.9 Å². The molecule has 0 unspecified atom stereocenters. The summed E-state index contributed by atoms with van der Waals surface area (Å²) in [6, 6.07) is 0. The highest BCUT2D eigenvalue weighted by atomic mass is 16.9. The van der Waals surface area contributed by atoms with Crippen LogP contribution in [0, 0.1) is 0 Å². The van der Waals surface area contributed by atoms with Crippen molar-refractivity contribution in [1.82, 2.24) is 0 Å². The Labute approximate surface area is 126 Å². The van der Waals surface area contributed by atoms with Gasteiger partial charge in [0.2, 0.25) is 0 Å². The van der Waals surface area contributed by atoms with Crippen LogP contribution in [0.3, 0.4) is 0 Å². The van der Waals surface area contributed by atoms with Gasteiger partial charge >= 0.3 is 18.4 Å². The number of carbonyl (C=O) groups excluding carboxylic acids is 1. The second kappa shape index (κ2) is 13.8. The topological polar surface area (TPSA) is 82.1 Å². The quantitative estimate of drug-likeness (QED) is 0.302. The van der Waals surface area contributed by atoms with Crippen LogP contribution in [0.2, 0.25) is 0 Å². The molecule has 0 aromatic carbocycles. The van der Waals surface area contributed by atoms with E-state index in [1.54, 1.807) is 0 Å². The molecule has 0 fully saturated rings. The first-order chi connectivity index (χ1) is 10.1. The van der Waals surface area contributed by atoms with Gasteiger partial charge in [0.05, 0.1) is 13.2 Å². The van der Waals surface area contributed by atoms with Crippen molar-refractivity contribution in [3.63, 3.8) is 0 Å². The van der Waals surface area contributed by atoms with Gasteiger partial charge in [-0.05, 0) is 25.7 Å². The molecule has 0 saturated carbocycles. The molecule has 0 aliphatic rings. The van der Waals surface area contributed by atoms with E-state index in [1.165, 1.54) is 0 Å². The van der Waals surface area contributed by atoms with Crippen LogP contribution in [0.4, 0.5) is 0 Å². The Hall–Kier alpha value is -1.14. The summed E-state index contributed by atoms with van der Waals surface area (Å²) in [5, 5.41) is 8.51. The Morgan fingerprint density at radius 3 is 1.90 bits per heavy atom. The second-order valence-electron chi connectivity index (χ2n) is 4.83. The summed E-state index contributed by atoms with van der Waals surface area (Å²) in [7, 11) is 0. The van der Waals surface area contributed by atoms with E-state index in [4.69, 9.17) is 19.3 Å². The van der Waals surface area contributed by atoms with Crippen LogP contribution in [-0.4, -0.2) is 36.7 Å². The average molecular weight is 304 g/mol. The Morgan fingerprint density at radius 1 is 0.905 bits per heavy atom. The van der Waals surface area contributed by atoms with Crippen LogP contribution >= 0.6 is 0 Å². The van der Waals surface area contributed by atoms with Crippen LogP contribution in [0.5, 0.6) is 0 Å². The molecule has 0 atom stereocenters. The van der Waals surface area contributed by atoms with E-state index in [9.17, 15) is 9.59 Å². The number of aliphatic carboxylic acids is 1. The number of rotatable bonds is 14. The van der Waals surface area contributed by atoms with Gasteiger partial charge in [0, 0.05) is 12.8 Å². The molecule has 0 aliphatic carbocycles. The molecule has 0 rings (SSSR count). The first-order valence-corrected chi connectivity index (χ1v) is 7.74. The summed E-state index contributed by atoms with van der Waals surface area (Å²) in [4.78, 5) is 22.0. The highest BCUT2D eigenvalue weighted by Gasteiger charge is 2.15. The maximum absolute atomic E-state index is 11.6. The summed E-state index contributed by atoms with van der Waals surface area (Å²) >= 11 is 0. The van der Waals surface area contributed by atoms with Gasteiger partial charge in [-0.15, -0.1) is 0 Å². The molecule has 0 bridgehead atoms. The Kier molecular flexibility index (Phi) is 13.1. The minimum atomic E-state index is -0.949. The fourth-order valence-electron chi connectivity index (χ4n) is 1.48.